The average Bonchev–Trinajstić information content (AvgIpc) is 2.89. The van der Waals surface area contributed by atoms with Crippen molar-refractivity contribution in [3.8, 4) is 5.75 Å². The van der Waals surface area contributed by atoms with Gasteiger partial charge in [-0.25, -0.2) is 0 Å². The van der Waals surface area contributed by atoms with Gasteiger partial charge in [-0.05, 0) is 81.9 Å². The molecule has 3 heteroatoms. The van der Waals surface area contributed by atoms with Crippen LogP contribution in [0.25, 0.3) is 32.3 Å². The molecule has 0 heterocycles. The van der Waals surface area contributed by atoms with Gasteiger partial charge in [-0.3, -0.25) is 0 Å². The lowest BCUT2D eigenvalue weighted by Crippen LogP contribution is -2.16. The Hall–Kier alpha value is -4.34. The number of aliphatic hydroxyl groups excluding tert-OH is 1. The van der Waals surface area contributed by atoms with Crippen molar-refractivity contribution in [3.05, 3.63) is 121 Å². The maximum Gasteiger partial charge on any atom is 0.219 e. The van der Waals surface area contributed by atoms with Crippen LogP contribution in [-0.2, 0) is 0 Å². The van der Waals surface area contributed by atoms with E-state index in [1.807, 2.05) is 30.3 Å². The first-order valence-corrected chi connectivity index (χ1v) is 11.7. The van der Waals surface area contributed by atoms with Crippen molar-refractivity contribution >= 4 is 49.4 Å². The quantitative estimate of drug-likeness (QED) is 0.156. The van der Waals surface area contributed by atoms with E-state index in [-0.39, 0.29) is 0 Å². The second-order valence-electron chi connectivity index (χ2n) is 8.92. The van der Waals surface area contributed by atoms with E-state index in [9.17, 15) is 5.11 Å². The first kappa shape index (κ1) is 21.2. The number of ether oxygens (including phenoxy) is 1. The smallest absolute Gasteiger partial charge is 0.219 e. The molecule has 0 aliphatic heterocycles. The molecule has 6 rings (SSSR count). The standard InChI is InChI=1S/C32H25NO2/c1-21(2)32(34)35-27-17-15-26(16-18-27)33(25-9-4-3-5-10-25)29-20-14-24-12-11-22-7-6-8-23-13-19-28(29)31(24)30(22)23/h3-20,32,34H,1H2,2H3. The van der Waals surface area contributed by atoms with E-state index in [1.165, 1.54) is 32.3 Å². The summed E-state index contributed by atoms with van der Waals surface area (Å²) < 4.78 is 5.61. The molecule has 6 aromatic rings. The molecule has 1 N–H and O–H groups in total. The minimum atomic E-state index is -1.02. The maximum atomic E-state index is 10.0. The fraction of sp³-hybridized carbons (Fsp3) is 0.0625. The minimum absolute atomic E-state index is 0.564. The predicted octanol–water partition coefficient (Wildman–Crippen LogP) is 8.33. The first-order chi connectivity index (χ1) is 17.1. The van der Waals surface area contributed by atoms with E-state index in [1.54, 1.807) is 6.92 Å². The zero-order valence-electron chi connectivity index (χ0n) is 19.5. The van der Waals surface area contributed by atoms with Gasteiger partial charge in [0.05, 0.1) is 5.69 Å². The molecule has 0 aliphatic carbocycles. The number of rotatable bonds is 6. The van der Waals surface area contributed by atoms with Crippen molar-refractivity contribution in [3.63, 3.8) is 0 Å². The molecule has 0 bridgehead atoms. The van der Waals surface area contributed by atoms with Crippen LogP contribution in [0.2, 0.25) is 0 Å². The van der Waals surface area contributed by atoms with Crippen LogP contribution >= 0.6 is 0 Å². The molecule has 0 aliphatic rings. The number of para-hydroxylation sites is 1. The monoisotopic (exact) mass is 455 g/mol. The van der Waals surface area contributed by atoms with Crippen LogP contribution in [0.1, 0.15) is 6.92 Å². The third-order valence-electron chi connectivity index (χ3n) is 6.53. The summed E-state index contributed by atoms with van der Waals surface area (Å²) in [6.45, 7) is 5.50. The topological polar surface area (TPSA) is 32.7 Å². The Balaban J connectivity index is 1.55. The average molecular weight is 456 g/mol. The van der Waals surface area contributed by atoms with Crippen molar-refractivity contribution in [1.82, 2.24) is 0 Å². The molecular formula is C32H25NO2. The number of benzene rings is 6. The van der Waals surface area contributed by atoms with Crippen molar-refractivity contribution in [1.29, 1.82) is 0 Å². The molecule has 0 saturated heterocycles. The Morgan fingerprint density at radius 2 is 1.29 bits per heavy atom. The number of nitrogens with zero attached hydrogens (tertiary/aromatic N) is 1. The van der Waals surface area contributed by atoms with Gasteiger partial charge >= 0.3 is 0 Å². The molecular weight excluding hydrogens is 430 g/mol. The Morgan fingerprint density at radius 3 is 1.97 bits per heavy atom. The summed E-state index contributed by atoms with van der Waals surface area (Å²) in [5, 5.41) is 17.6. The van der Waals surface area contributed by atoms with Crippen molar-refractivity contribution in [2.45, 2.75) is 13.2 Å². The molecule has 0 saturated carbocycles. The second-order valence-corrected chi connectivity index (χ2v) is 8.92. The van der Waals surface area contributed by atoms with Crippen LogP contribution in [-0.4, -0.2) is 11.4 Å². The lowest BCUT2D eigenvalue weighted by atomic mass is 9.93. The van der Waals surface area contributed by atoms with Gasteiger partial charge in [0, 0.05) is 16.8 Å². The molecule has 0 spiro atoms. The van der Waals surface area contributed by atoms with Crippen molar-refractivity contribution < 1.29 is 9.84 Å². The van der Waals surface area contributed by atoms with Crippen LogP contribution in [0.5, 0.6) is 5.75 Å². The van der Waals surface area contributed by atoms with Crippen LogP contribution in [0.3, 0.4) is 0 Å². The van der Waals surface area contributed by atoms with Gasteiger partial charge < -0.3 is 14.7 Å². The zero-order valence-corrected chi connectivity index (χ0v) is 19.5. The minimum Gasteiger partial charge on any atom is -0.461 e. The highest BCUT2D eigenvalue weighted by molar-refractivity contribution is 6.25. The van der Waals surface area contributed by atoms with E-state index >= 15 is 0 Å². The number of aliphatic hydroxyl groups is 1. The number of hydrogen-bond acceptors (Lipinski definition) is 3. The van der Waals surface area contributed by atoms with E-state index in [0.717, 1.165) is 17.1 Å². The van der Waals surface area contributed by atoms with E-state index in [0.29, 0.717) is 11.3 Å². The molecule has 0 amide bonds. The summed E-state index contributed by atoms with van der Waals surface area (Å²) >= 11 is 0. The van der Waals surface area contributed by atoms with Gasteiger partial charge in [0.2, 0.25) is 6.29 Å². The lowest BCUT2D eigenvalue weighted by Gasteiger charge is -2.28. The SMILES string of the molecule is C=C(C)C(O)Oc1ccc(N(c2ccccc2)c2ccc3ccc4cccc5ccc2c3c45)cc1. The predicted molar refractivity (Wildman–Crippen MR) is 146 cm³/mol. The van der Waals surface area contributed by atoms with Gasteiger partial charge in [-0.1, -0.05) is 73.3 Å². The molecule has 0 radical (unpaired) electrons. The number of anilines is 3. The highest BCUT2D eigenvalue weighted by atomic mass is 16.6. The summed E-state index contributed by atoms with van der Waals surface area (Å²) in [7, 11) is 0. The van der Waals surface area contributed by atoms with Crippen LogP contribution in [0, 0.1) is 0 Å². The molecule has 170 valence electrons. The van der Waals surface area contributed by atoms with E-state index < -0.39 is 6.29 Å². The summed E-state index contributed by atoms with van der Waals surface area (Å²) in [6.07, 6.45) is -1.02. The van der Waals surface area contributed by atoms with Gasteiger partial charge in [-0.2, -0.15) is 0 Å². The van der Waals surface area contributed by atoms with Crippen molar-refractivity contribution in [2.24, 2.45) is 0 Å². The van der Waals surface area contributed by atoms with Gasteiger partial charge in [0.25, 0.3) is 0 Å². The molecule has 6 aromatic carbocycles. The van der Waals surface area contributed by atoms with Crippen molar-refractivity contribution in [2.75, 3.05) is 4.90 Å². The van der Waals surface area contributed by atoms with E-state index in [2.05, 4.69) is 90.3 Å². The van der Waals surface area contributed by atoms with Gasteiger partial charge in [0.15, 0.2) is 0 Å². The fourth-order valence-electron chi connectivity index (χ4n) is 4.82. The molecule has 1 atom stereocenters. The summed E-state index contributed by atoms with van der Waals surface area (Å²) in [5.74, 6) is 0.590. The summed E-state index contributed by atoms with van der Waals surface area (Å²) in [5.41, 5.74) is 3.74. The molecule has 0 fully saturated rings. The van der Waals surface area contributed by atoms with Gasteiger partial charge in [0.1, 0.15) is 5.75 Å². The first-order valence-electron chi connectivity index (χ1n) is 11.7. The molecule has 3 nitrogen and oxygen atoms in total. The Kier molecular flexibility index (Phi) is 5.13. The highest BCUT2D eigenvalue weighted by Crippen LogP contribution is 2.43. The maximum absolute atomic E-state index is 10.0. The third-order valence-corrected chi connectivity index (χ3v) is 6.53. The van der Waals surface area contributed by atoms with Crippen LogP contribution in [0.15, 0.2) is 121 Å². The summed E-state index contributed by atoms with van der Waals surface area (Å²) in [6, 6.07) is 37.9. The molecule has 35 heavy (non-hydrogen) atoms. The normalized spacial score (nSPS) is 12.3. The van der Waals surface area contributed by atoms with Crippen LogP contribution in [0.4, 0.5) is 17.1 Å². The summed E-state index contributed by atoms with van der Waals surface area (Å²) in [4.78, 5) is 2.27. The fourth-order valence-corrected chi connectivity index (χ4v) is 4.82. The Morgan fingerprint density at radius 1 is 0.686 bits per heavy atom. The molecule has 0 aromatic heterocycles. The Labute approximate surface area is 204 Å². The van der Waals surface area contributed by atoms with Gasteiger partial charge in [-0.15, -0.1) is 0 Å². The highest BCUT2D eigenvalue weighted by Gasteiger charge is 2.18. The van der Waals surface area contributed by atoms with Crippen LogP contribution < -0.4 is 9.64 Å². The lowest BCUT2D eigenvalue weighted by molar-refractivity contribution is 0.0151. The molecule has 1 unspecified atom stereocenters. The Bertz CT molecular complexity index is 1640. The largest absolute Gasteiger partial charge is 0.461 e. The van der Waals surface area contributed by atoms with E-state index in [4.69, 9.17) is 4.74 Å². The second kappa shape index (κ2) is 8.46. The third kappa shape index (κ3) is 3.67. The zero-order chi connectivity index (χ0) is 23.9. The number of hydrogen-bond donors (Lipinski definition) is 1.